The topological polar surface area (TPSA) is 82.5 Å². The van der Waals surface area contributed by atoms with Crippen LogP contribution in [0.2, 0.25) is 0 Å². The zero-order valence-electron chi connectivity index (χ0n) is 15.6. The molecule has 2 aromatic rings. The molecule has 1 aromatic heterocycles. The van der Waals surface area contributed by atoms with Crippen molar-refractivity contribution in [3.05, 3.63) is 51.9 Å². The number of ether oxygens (including phenoxy) is 2. The zero-order chi connectivity index (χ0) is 19.1. The van der Waals surface area contributed by atoms with Gasteiger partial charge in [-0.3, -0.25) is 9.59 Å². The highest BCUT2D eigenvalue weighted by Crippen LogP contribution is 2.29. The van der Waals surface area contributed by atoms with Gasteiger partial charge >= 0.3 is 0 Å². The number of nitrogens with zero attached hydrogens (tertiary/aromatic N) is 2. The van der Waals surface area contributed by atoms with Gasteiger partial charge in [-0.25, -0.2) is 4.68 Å². The average molecular weight is 359 g/mol. The van der Waals surface area contributed by atoms with Crippen molar-refractivity contribution in [3.63, 3.8) is 0 Å². The maximum atomic E-state index is 12.6. The first kappa shape index (κ1) is 19.5. The lowest BCUT2D eigenvalue weighted by atomic mass is 10.1. The van der Waals surface area contributed by atoms with Gasteiger partial charge in [0.05, 0.1) is 20.3 Å². The molecule has 1 unspecified atom stereocenters. The van der Waals surface area contributed by atoms with Crippen LogP contribution in [-0.4, -0.2) is 29.9 Å². The third-order valence-electron chi connectivity index (χ3n) is 4.07. The summed E-state index contributed by atoms with van der Waals surface area (Å²) >= 11 is 0. The predicted molar refractivity (Wildman–Crippen MR) is 98.8 cm³/mol. The van der Waals surface area contributed by atoms with E-state index in [2.05, 4.69) is 10.4 Å². The van der Waals surface area contributed by atoms with Crippen molar-refractivity contribution in [2.75, 3.05) is 14.2 Å². The van der Waals surface area contributed by atoms with E-state index < -0.39 is 0 Å². The first-order valence-corrected chi connectivity index (χ1v) is 8.61. The number of benzene rings is 1. The second-order valence-corrected chi connectivity index (χ2v) is 5.94. The molecule has 7 nitrogen and oxygen atoms in total. The molecule has 0 aliphatic rings. The van der Waals surface area contributed by atoms with Crippen LogP contribution in [-0.2, 0) is 6.54 Å². The van der Waals surface area contributed by atoms with E-state index in [9.17, 15) is 9.59 Å². The smallest absolute Gasteiger partial charge is 0.272 e. The van der Waals surface area contributed by atoms with Crippen molar-refractivity contribution in [1.29, 1.82) is 0 Å². The minimum atomic E-state index is -0.354. The van der Waals surface area contributed by atoms with Crippen molar-refractivity contribution < 1.29 is 14.3 Å². The summed E-state index contributed by atoms with van der Waals surface area (Å²) in [6.45, 7) is 4.38. The monoisotopic (exact) mass is 359 g/mol. The van der Waals surface area contributed by atoms with Gasteiger partial charge < -0.3 is 14.8 Å². The highest BCUT2D eigenvalue weighted by Gasteiger charge is 2.17. The highest BCUT2D eigenvalue weighted by molar-refractivity contribution is 5.92. The molecule has 0 spiro atoms. The molecule has 0 saturated carbocycles. The molecule has 0 saturated heterocycles. The molecule has 1 aromatic carbocycles. The third kappa shape index (κ3) is 4.62. The van der Waals surface area contributed by atoms with Gasteiger partial charge in [0, 0.05) is 18.2 Å². The Morgan fingerprint density at radius 1 is 1.23 bits per heavy atom. The lowest BCUT2D eigenvalue weighted by Gasteiger charge is -2.18. The molecule has 0 fully saturated rings. The Morgan fingerprint density at radius 3 is 2.65 bits per heavy atom. The van der Waals surface area contributed by atoms with Gasteiger partial charge in [-0.1, -0.05) is 13.3 Å². The number of aryl methyl sites for hydroxylation is 1. The fourth-order valence-electron chi connectivity index (χ4n) is 2.56. The average Bonchev–Trinajstić information content (AvgIpc) is 2.66. The summed E-state index contributed by atoms with van der Waals surface area (Å²) in [5.74, 6) is 0.972. The van der Waals surface area contributed by atoms with Crippen LogP contribution in [0, 0.1) is 0 Å². The third-order valence-corrected chi connectivity index (χ3v) is 4.07. The van der Waals surface area contributed by atoms with E-state index in [1.54, 1.807) is 26.4 Å². The van der Waals surface area contributed by atoms with E-state index in [0.717, 1.165) is 18.4 Å². The lowest BCUT2D eigenvalue weighted by molar-refractivity contribution is 0.0931. The predicted octanol–water partition coefficient (Wildman–Crippen LogP) is 2.55. The van der Waals surface area contributed by atoms with Crippen molar-refractivity contribution in [3.8, 4) is 11.5 Å². The van der Waals surface area contributed by atoms with Crippen LogP contribution < -0.4 is 20.3 Å². The number of methoxy groups -OCH3 is 2. The minimum Gasteiger partial charge on any atom is -0.497 e. The van der Waals surface area contributed by atoms with E-state index >= 15 is 0 Å². The van der Waals surface area contributed by atoms with Crippen molar-refractivity contribution in [2.24, 2.45) is 0 Å². The number of carbonyl (C=O) groups is 1. The molecule has 140 valence electrons. The van der Waals surface area contributed by atoms with Gasteiger partial charge in [0.25, 0.3) is 11.5 Å². The van der Waals surface area contributed by atoms with Gasteiger partial charge in [-0.2, -0.15) is 5.10 Å². The summed E-state index contributed by atoms with van der Waals surface area (Å²) in [7, 11) is 3.16. The summed E-state index contributed by atoms with van der Waals surface area (Å²) in [5.41, 5.74) is 0.784. The Kier molecular flexibility index (Phi) is 6.77. The summed E-state index contributed by atoms with van der Waals surface area (Å²) < 4.78 is 11.9. The van der Waals surface area contributed by atoms with Crippen LogP contribution in [0.3, 0.4) is 0 Å². The number of hydrogen-bond donors (Lipinski definition) is 1. The molecule has 2 rings (SSSR count). The Hall–Kier alpha value is -2.83. The number of amides is 1. The zero-order valence-corrected chi connectivity index (χ0v) is 15.6. The molecule has 1 N–H and O–H groups in total. The van der Waals surface area contributed by atoms with Crippen molar-refractivity contribution >= 4 is 5.91 Å². The molecule has 0 radical (unpaired) electrons. The summed E-state index contributed by atoms with van der Waals surface area (Å²) in [5, 5.41) is 7.06. The van der Waals surface area contributed by atoms with E-state index in [4.69, 9.17) is 9.47 Å². The summed E-state index contributed by atoms with van der Waals surface area (Å²) in [4.78, 5) is 24.4. The number of unbranched alkanes of at least 4 members (excludes halogenated alkanes) is 1. The summed E-state index contributed by atoms with van der Waals surface area (Å²) in [6, 6.07) is 7.89. The largest absolute Gasteiger partial charge is 0.497 e. The van der Waals surface area contributed by atoms with Crippen LogP contribution in [0.5, 0.6) is 11.5 Å². The molecule has 26 heavy (non-hydrogen) atoms. The van der Waals surface area contributed by atoms with E-state index in [0.29, 0.717) is 18.0 Å². The second-order valence-electron chi connectivity index (χ2n) is 5.94. The van der Waals surface area contributed by atoms with Gasteiger partial charge in [-0.15, -0.1) is 0 Å². The van der Waals surface area contributed by atoms with Crippen LogP contribution in [0.15, 0.2) is 35.1 Å². The number of nitrogens with one attached hydrogen (secondary N) is 1. The first-order chi connectivity index (χ1) is 12.5. The molecule has 7 heteroatoms. The highest BCUT2D eigenvalue weighted by atomic mass is 16.5. The van der Waals surface area contributed by atoms with Gasteiger partial charge in [0.15, 0.2) is 0 Å². The second kappa shape index (κ2) is 9.03. The Labute approximate surface area is 152 Å². The van der Waals surface area contributed by atoms with E-state index in [1.807, 2.05) is 19.9 Å². The SMILES string of the molecule is CCCCn1nc(C(=O)NC(C)c2cc(OC)ccc2OC)ccc1=O. The van der Waals surface area contributed by atoms with E-state index in [-0.39, 0.29) is 23.2 Å². The number of aromatic nitrogens is 2. The van der Waals surface area contributed by atoms with Crippen LogP contribution in [0.1, 0.15) is 48.8 Å². The van der Waals surface area contributed by atoms with E-state index in [1.165, 1.54) is 16.8 Å². The van der Waals surface area contributed by atoms with Gasteiger partial charge in [-0.05, 0) is 37.6 Å². The Bertz CT molecular complexity index is 817. The number of hydrogen-bond acceptors (Lipinski definition) is 5. The molecule has 1 heterocycles. The van der Waals surface area contributed by atoms with Crippen LogP contribution in [0.25, 0.3) is 0 Å². The fraction of sp³-hybridized carbons (Fsp3) is 0.421. The fourth-order valence-corrected chi connectivity index (χ4v) is 2.56. The quantitative estimate of drug-likeness (QED) is 0.783. The molecule has 0 bridgehead atoms. The molecule has 1 atom stereocenters. The number of rotatable bonds is 8. The maximum Gasteiger partial charge on any atom is 0.272 e. The van der Waals surface area contributed by atoms with Crippen molar-refractivity contribution in [2.45, 2.75) is 39.3 Å². The van der Waals surface area contributed by atoms with Crippen LogP contribution >= 0.6 is 0 Å². The normalized spacial score (nSPS) is 11.7. The minimum absolute atomic E-state index is 0.203. The number of carbonyl (C=O) groups excluding carboxylic acids is 1. The first-order valence-electron chi connectivity index (χ1n) is 8.61. The van der Waals surface area contributed by atoms with Crippen molar-refractivity contribution in [1.82, 2.24) is 15.1 Å². The molecular formula is C19H25N3O4. The Balaban J connectivity index is 2.20. The molecular weight excluding hydrogens is 334 g/mol. The standard InChI is InChI=1S/C19H25N3O4/c1-5-6-11-22-18(23)10-8-16(21-22)19(24)20-13(2)15-12-14(25-3)7-9-17(15)26-4/h7-10,12-13H,5-6,11H2,1-4H3,(H,20,24). The molecule has 1 amide bonds. The summed E-state index contributed by atoms with van der Waals surface area (Å²) in [6.07, 6.45) is 1.77. The maximum absolute atomic E-state index is 12.6. The molecule has 0 aliphatic carbocycles. The van der Waals surface area contributed by atoms with Gasteiger partial charge in [0.1, 0.15) is 17.2 Å². The lowest BCUT2D eigenvalue weighted by Crippen LogP contribution is -2.31. The van der Waals surface area contributed by atoms with Gasteiger partial charge in [0.2, 0.25) is 0 Å². The molecule has 0 aliphatic heterocycles. The van der Waals surface area contributed by atoms with Crippen LogP contribution in [0.4, 0.5) is 0 Å². The Morgan fingerprint density at radius 2 is 2.00 bits per heavy atom.